The maximum Gasteiger partial charge on any atom is 0.320 e. The van der Waals surface area contributed by atoms with Crippen LogP contribution >= 0.6 is 0 Å². The monoisotopic (exact) mass is 488 g/mol. The van der Waals surface area contributed by atoms with Gasteiger partial charge in [0.2, 0.25) is 10.0 Å². The molecule has 2 aromatic rings. The first kappa shape index (κ1) is 22.0. The Kier molecular flexibility index (Phi) is 5.18. The Morgan fingerprint density at radius 3 is 2.35 bits per heavy atom. The summed E-state index contributed by atoms with van der Waals surface area (Å²) in [5.74, 6) is 1.07. The summed E-state index contributed by atoms with van der Waals surface area (Å²) in [6.07, 6.45) is 7.46. The number of amides is 2. The molecule has 182 valence electrons. The molecule has 9 nitrogen and oxygen atoms in total. The Labute approximate surface area is 198 Å². The highest BCUT2D eigenvalue weighted by Crippen LogP contribution is 2.54. The van der Waals surface area contributed by atoms with E-state index in [1.54, 1.807) is 0 Å². The Morgan fingerprint density at radius 1 is 1.03 bits per heavy atom. The topological polar surface area (TPSA) is 100 Å². The molecule has 0 atom stereocenters. The summed E-state index contributed by atoms with van der Waals surface area (Å²) >= 11 is 0. The second kappa shape index (κ2) is 8.01. The van der Waals surface area contributed by atoms with Crippen molar-refractivity contribution >= 4 is 16.1 Å². The summed E-state index contributed by atoms with van der Waals surface area (Å²) in [6.45, 7) is 2.60. The Morgan fingerprint density at radius 2 is 1.71 bits per heavy atom. The number of hydrogen-bond donors (Lipinski definition) is 1. The molecule has 0 bridgehead atoms. The second-order valence-corrected chi connectivity index (χ2v) is 12.1. The van der Waals surface area contributed by atoms with Crippen LogP contribution in [-0.4, -0.2) is 71.2 Å². The van der Waals surface area contributed by atoms with Crippen molar-refractivity contribution in [1.29, 1.82) is 0 Å². The first-order valence-electron chi connectivity index (χ1n) is 12.0. The predicted octanol–water partition coefficient (Wildman–Crippen LogP) is 2.49. The van der Waals surface area contributed by atoms with Gasteiger partial charge in [-0.1, -0.05) is 0 Å². The Balaban J connectivity index is 0.957. The van der Waals surface area contributed by atoms with E-state index in [-0.39, 0.29) is 22.4 Å². The van der Waals surface area contributed by atoms with E-state index in [1.807, 2.05) is 20.8 Å². The van der Waals surface area contributed by atoms with E-state index >= 15 is 0 Å². The first-order chi connectivity index (χ1) is 16.3. The van der Waals surface area contributed by atoms with Crippen molar-refractivity contribution in [2.75, 3.05) is 26.2 Å². The minimum Gasteiger partial charge on any atom is -0.325 e. The fourth-order valence-electron chi connectivity index (χ4n) is 5.57. The van der Waals surface area contributed by atoms with Crippen molar-refractivity contribution < 1.29 is 17.6 Å². The number of aromatic nitrogens is 3. The maximum atomic E-state index is 13.1. The molecule has 1 aromatic heterocycles. The molecule has 6 rings (SSSR count). The van der Waals surface area contributed by atoms with Crippen molar-refractivity contribution in [3.8, 4) is 0 Å². The van der Waals surface area contributed by atoms with E-state index in [0.29, 0.717) is 37.9 Å². The van der Waals surface area contributed by atoms with Crippen LogP contribution in [0.1, 0.15) is 56.3 Å². The van der Waals surface area contributed by atoms with Crippen LogP contribution in [-0.2, 0) is 10.0 Å². The highest BCUT2D eigenvalue weighted by atomic mass is 32.2. The fraction of sp³-hybridized carbons (Fsp3) is 0.609. The summed E-state index contributed by atoms with van der Waals surface area (Å²) in [5.41, 5.74) is 0.217. The van der Waals surface area contributed by atoms with Gasteiger partial charge < -0.3 is 9.80 Å². The number of benzene rings is 1. The predicted molar refractivity (Wildman–Crippen MR) is 121 cm³/mol. The fourth-order valence-corrected chi connectivity index (χ4v) is 6.87. The summed E-state index contributed by atoms with van der Waals surface area (Å²) < 4.78 is 42.9. The lowest BCUT2D eigenvalue weighted by Gasteiger charge is -2.59. The van der Waals surface area contributed by atoms with Gasteiger partial charge in [-0.3, -0.25) is 0 Å². The van der Waals surface area contributed by atoms with Crippen LogP contribution in [0.3, 0.4) is 0 Å². The molecule has 0 radical (unpaired) electrons. The van der Waals surface area contributed by atoms with Gasteiger partial charge in [-0.2, -0.15) is 5.10 Å². The molecule has 11 heteroatoms. The van der Waals surface area contributed by atoms with Gasteiger partial charge in [-0.15, -0.1) is 0 Å². The van der Waals surface area contributed by atoms with E-state index in [9.17, 15) is 17.6 Å². The molecule has 2 aliphatic carbocycles. The van der Waals surface area contributed by atoms with Crippen molar-refractivity contribution in [2.24, 2.45) is 5.41 Å². The van der Waals surface area contributed by atoms with Crippen LogP contribution in [0.25, 0.3) is 0 Å². The number of urea groups is 1. The minimum atomic E-state index is -3.71. The lowest BCUT2D eigenvalue weighted by molar-refractivity contribution is -0.0747. The molecule has 4 fully saturated rings. The summed E-state index contributed by atoms with van der Waals surface area (Å²) in [4.78, 5) is 21.2. The quantitative estimate of drug-likeness (QED) is 0.697. The number of sulfonamides is 1. The van der Waals surface area contributed by atoms with Crippen molar-refractivity contribution in [2.45, 2.75) is 61.4 Å². The molecule has 0 unspecified atom stereocenters. The number of nitrogens with zero attached hydrogens (tertiary/aromatic N) is 5. The van der Waals surface area contributed by atoms with Gasteiger partial charge in [0.1, 0.15) is 12.1 Å². The Bertz CT molecular complexity index is 1170. The van der Waals surface area contributed by atoms with Crippen molar-refractivity contribution in [3.05, 3.63) is 42.2 Å². The van der Waals surface area contributed by atoms with Crippen LogP contribution in [0, 0.1) is 11.2 Å². The van der Waals surface area contributed by atoms with Gasteiger partial charge in [0.25, 0.3) is 0 Å². The number of halogens is 1. The minimum absolute atomic E-state index is 0.0469. The molecule has 2 amide bonds. The SMILES string of the molecule is O=C(N1CCC(NS(=O)(=O)c2ccc(F)cc2)CC1)N1CC2(CC(n3cnc(C4CC4)n3)C2)C1. The summed E-state index contributed by atoms with van der Waals surface area (Å²) in [5, 5.41) is 4.65. The third-order valence-corrected chi connectivity index (χ3v) is 9.25. The zero-order chi connectivity index (χ0) is 23.5. The normalized spacial score (nSPS) is 23.1. The molecule has 4 aliphatic rings. The van der Waals surface area contributed by atoms with Gasteiger partial charge in [0.05, 0.1) is 10.9 Å². The average molecular weight is 489 g/mol. The van der Waals surface area contributed by atoms with Crippen LogP contribution < -0.4 is 4.72 Å². The molecule has 34 heavy (non-hydrogen) atoms. The summed E-state index contributed by atoms with van der Waals surface area (Å²) in [7, 11) is -3.71. The number of rotatable bonds is 5. The maximum absolute atomic E-state index is 13.1. The van der Waals surface area contributed by atoms with E-state index in [1.165, 1.54) is 25.0 Å². The van der Waals surface area contributed by atoms with Crippen LogP contribution in [0.4, 0.5) is 9.18 Å². The number of hydrogen-bond acceptors (Lipinski definition) is 5. The number of piperidine rings is 1. The lowest BCUT2D eigenvalue weighted by Crippen LogP contribution is -2.66. The number of likely N-dealkylation sites (tertiary alicyclic amines) is 2. The molecule has 2 saturated carbocycles. The number of carbonyl (C=O) groups is 1. The van der Waals surface area contributed by atoms with Crippen LogP contribution in [0.5, 0.6) is 0 Å². The van der Waals surface area contributed by atoms with Crippen molar-refractivity contribution in [3.63, 3.8) is 0 Å². The van der Waals surface area contributed by atoms with E-state index in [2.05, 4.69) is 14.8 Å². The van der Waals surface area contributed by atoms with Gasteiger partial charge >= 0.3 is 6.03 Å². The largest absolute Gasteiger partial charge is 0.325 e. The van der Waals surface area contributed by atoms with Crippen molar-refractivity contribution in [1.82, 2.24) is 29.3 Å². The average Bonchev–Trinajstić information content (AvgIpc) is 3.50. The van der Waals surface area contributed by atoms with Gasteiger partial charge in [-0.05, 0) is 62.8 Å². The van der Waals surface area contributed by atoms with Gasteiger partial charge in [0, 0.05) is 43.6 Å². The summed E-state index contributed by atoms with van der Waals surface area (Å²) in [6, 6.07) is 4.99. The third kappa shape index (κ3) is 4.08. The molecular formula is C23H29FN6O3S. The zero-order valence-electron chi connectivity index (χ0n) is 18.9. The van der Waals surface area contributed by atoms with Gasteiger partial charge in [-0.25, -0.2) is 32.0 Å². The van der Waals surface area contributed by atoms with Crippen LogP contribution in [0.2, 0.25) is 0 Å². The van der Waals surface area contributed by atoms with E-state index < -0.39 is 15.8 Å². The highest BCUT2D eigenvalue weighted by Gasteiger charge is 2.55. The molecule has 1 N–H and O–H groups in total. The highest BCUT2D eigenvalue weighted by molar-refractivity contribution is 7.89. The molecule has 3 heterocycles. The lowest BCUT2D eigenvalue weighted by atomic mass is 9.61. The second-order valence-electron chi connectivity index (χ2n) is 10.4. The van der Waals surface area contributed by atoms with Crippen LogP contribution in [0.15, 0.2) is 35.5 Å². The Hall–Kier alpha value is -2.53. The zero-order valence-corrected chi connectivity index (χ0v) is 19.8. The molecule has 1 aromatic carbocycles. The third-order valence-electron chi connectivity index (χ3n) is 7.71. The first-order valence-corrected chi connectivity index (χ1v) is 13.5. The molecule has 1 spiro atoms. The molecule has 2 saturated heterocycles. The van der Waals surface area contributed by atoms with Gasteiger partial charge in [0.15, 0.2) is 5.82 Å². The van der Waals surface area contributed by atoms with E-state index in [4.69, 9.17) is 0 Å². The smallest absolute Gasteiger partial charge is 0.320 e. The van der Waals surface area contributed by atoms with E-state index in [0.717, 1.165) is 43.9 Å². The molecule has 2 aliphatic heterocycles. The molecular weight excluding hydrogens is 459 g/mol. The standard InChI is InChI=1S/C23H29FN6O3S/c24-17-3-5-20(6-4-17)34(32,33)27-18-7-9-28(10-8-18)22(31)29-13-23(14-29)11-19(12-23)30-15-25-21(26-30)16-1-2-16/h3-6,15-16,18-19,27H,1-2,7-14H2. The number of nitrogens with one attached hydrogen (secondary N) is 1. The number of carbonyl (C=O) groups excluding carboxylic acids is 1.